The highest BCUT2D eigenvalue weighted by Gasteiger charge is 2.22. The fraction of sp³-hybridized carbons (Fsp3) is 0.250. The smallest absolute Gasteiger partial charge is 0.291 e. The van der Waals surface area contributed by atoms with Gasteiger partial charge in [-0.25, -0.2) is 4.68 Å². The molecule has 0 fully saturated rings. The van der Waals surface area contributed by atoms with Crippen molar-refractivity contribution in [2.45, 2.75) is 26.4 Å². The molecule has 0 spiro atoms. The quantitative estimate of drug-likeness (QED) is 0.539. The molecule has 27 heavy (non-hydrogen) atoms. The Labute approximate surface area is 159 Å². The number of aromatic nitrogens is 3. The minimum absolute atomic E-state index is 0.0306. The fourth-order valence-electron chi connectivity index (χ4n) is 3.84. The van der Waals surface area contributed by atoms with Crippen LogP contribution in [0.15, 0.2) is 46.6 Å². The van der Waals surface area contributed by atoms with E-state index in [1.165, 1.54) is 15.8 Å². The first-order chi connectivity index (χ1) is 13.1. The molecule has 1 amide bonds. The van der Waals surface area contributed by atoms with Crippen molar-refractivity contribution < 1.29 is 4.79 Å². The Balaban J connectivity index is 1.47. The molecule has 0 N–H and O–H groups in total. The van der Waals surface area contributed by atoms with Gasteiger partial charge in [-0.1, -0.05) is 24.3 Å². The van der Waals surface area contributed by atoms with Gasteiger partial charge in [0.15, 0.2) is 0 Å². The van der Waals surface area contributed by atoms with E-state index in [2.05, 4.69) is 17.2 Å². The molecule has 3 aromatic heterocycles. The first-order valence-corrected chi connectivity index (χ1v) is 9.81. The summed E-state index contributed by atoms with van der Waals surface area (Å²) in [7, 11) is 0. The van der Waals surface area contributed by atoms with Crippen LogP contribution in [0.3, 0.4) is 0 Å². The monoisotopic (exact) mass is 378 g/mol. The van der Waals surface area contributed by atoms with Crippen molar-refractivity contribution in [3.8, 4) is 0 Å². The number of fused-ring (bicyclic) bond motifs is 4. The van der Waals surface area contributed by atoms with Crippen LogP contribution in [-0.2, 0) is 24.3 Å². The van der Waals surface area contributed by atoms with Gasteiger partial charge in [-0.15, -0.1) is 11.3 Å². The van der Waals surface area contributed by atoms with Gasteiger partial charge in [0.25, 0.3) is 5.56 Å². The second-order valence-electron chi connectivity index (χ2n) is 6.89. The Bertz CT molecular complexity index is 1250. The summed E-state index contributed by atoms with van der Waals surface area (Å²) < 4.78 is 3.18. The lowest BCUT2D eigenvalue weighted by molar-refractivity contribution is -0.133. The van der Waals surface area contributed by atoms with Crippen LogP contribution < -0.4 is 5.56 Å². The summed E-state index contributed by atoms with van der Waals surface area (Å²) in [6.07, 6.45) is 0.845. The van der Waals surface area contributed by atoms with Crippen molar-refractivity contribution in [1.29, 1.82) is 0 Å². The van der Waals surface area contributed by atoms with Crippen LogP contribution in [0.4, 0.5) is 0 Å². The minimum Gasteiger partial charge on any atom is -0.336 e. The molecule has 0 atom stereocenters. The molecule has 0 saturated carbocycles. The molecule has 1 aliphatic heterocycles. The van der Waals surface area contributed by atoms with Gasteiger partial charge < -0.3 is 4.90 Å². The standard InChI is InChI=1S/C20H18N4O2S/c1-13-21-23(19(26)17-10-15-7-9-27-20(15)24(13)17)12-18(25)22-8-6-14-4-2-3-5-16(14)11-22/h2-5,7,9-10H,6,8,11-12H2,1H3. The molecular weight excluding hydrogens is 360 g/mol. The Morgan fingerprint density at radius 3 is 2.89 bits per heavy atom. The van der Waals surface area contributed by atoms with Gasteiger partial charge in [0.1, 0.15) is 22.7 Å². The lowest BCUT2D eigenvalue weighted by Crippen LogP contribution is -2.40. The maximum absolute atomic E-state index is 12.9. The summed E-state index contributed by atoms with van der Waals surface area (Å²) in [4.78, 5) is 28.5. The average molecular weight is 378 g/mol. The summed E-state index contributed by atoms with van der Waals surface area (Å²) >= 11 is 1.58. The number of amides is 1. The second-order valence-corrected chi connectivity index (χ2v) is 7.78. The van der Waals surface area contributed by atoms with Gasteiger partial charge in [0.2, 0.25) is 5.91 Å². The number of hydrogen-bond donors (Lipinski definition) is 0. The van der Waals surface area contributed by atoms with Crippen LogP contribution in [0.1, 0.15) is 17.0 Å². The molecule has 0 saturated heterocycles. The van der Waals surface area contributed by atoms with Gasteiger partial charge in [-0.05, 0) is 42.0 Å². The van der Waals surface area contributed by atoms with Crippen molar-refractivity contribution in [3.63, 3.8) is 0 Å². The highest BCUT2D eigenvalue weighted by Crippen LogP contribution is 2.24. The van der Waals surface area contributed by atoms with Crippen molar-refractivity contribution in [3.05, 3.63) is 69.1 Å². The van der Waals surface area contributed by atoms with Crippen LogP contribution in [0, 0.1) is 6.92 Å². The van der Waals surface area contributed by atoms with Crippen LogP contribution >= 0.6 is 11.3 Å². The Hall–Kier alpha value is -2.93. The molecule has 0 unspecified atom stereocenters. The molecule has 7 heteroatoms. The number of carbonyl (C=O) groups is 1. The van der Waals surface area contributed by atoms with Crippen LogP contribution in [0.5, 0.6) is 0 Å². The Morgan fingerprint density at radius 1 is 1.22 bits per heavy atom. The highest BCUT2D eigenvalue weighted by molar-refractivity contribution is 7.16. The number of nitrogens with zero attached hydrogens (tertiary/aromatic N) is 4. The van der Waals surface area contributed by atoms with E-state index in [9.17, 15) is 9.59 Å². The maximum atomic E-state index is 12.9. The summed E-state index contributed by atoms with van der Waals surface area (Å²) in [6.45, 7) is 3.10. The predicted molar refractivity (Wildman–Crippen MR) is 105 cm³/mol. The predicted octanol–water partition coefficient (Wildman–Crippen LogP) is 2.60. The zero-order valence-corrected chi connectivity index (χ0v) is 15.7. The third-order valence-corrected chi connectivity index (χ3v) is 6.14. The number of benzene rings is 1. The summed E-state index contributed by atoms with van der Waals surface area (Å²) in [5.41, 5.74) is 2.81. The molecule has 4 aromatic rings. The van der Waals surface area contributed by atoms with E-state index in [1.54, 1.807) is 11.3 Å². The van der Waals surface area contributed by atoms with Gasteiger partial charge in [0, 0.05) is 18.5 Å². The third-order valence-electron chi connectivity index (χ3n) is 5.22. The number of thiophene rings is 1. The number of aryl methyl sites for hydroxylation is 1. The second kappa shape index (κ2) is 6.06. The highest BCUT2D eigenvalue weighted by atomic mass is 32.1. The maximum Gasteiger partial charge on any atom is 0.291 e. The topological polar surface area (TPSA) is 59.6 Å². The first kappa shape index (κ1) is 16.3. The van der Waals surface area contributed by atoms with E-state index in [0.29, 0.717) is 24.4 Å². The van der Waals surface area contributed by atoms with Gasteiger partial charge >= 0.3 is 0 Å². The van der Waals surface area contributed by atoms with E-state index in [-0.39, 0.29) is 18.0 Å². The zero-order chi connectivity index (χ0) is 18.5. The Kier molecular flexibility index (Phi) is 3.65. The van der Waals surface area contributed by atoms with Gasteiger partial charge in [0.05, 0.1) is 0 Å². The van der Waals surface area contributed by atoms with Crippen molar-refractivity contribution in [2.75, 3.05) is 6.54 Å². The normalized spacial score (nSPS) is 14.0. The van der Waals surface area contributed by atoms with Gasteiger partial charge in [-0.3, -0.25) is 14.0 Å². The van der Waals surface area contributed by atoms with Gasteiger partial charge in [-0.2, -0.15) is 5.10 Å². The summed E-state index contributed by atoms with van der Waals surface area (Å²) in [5.74, 6) is 0.634. The number of hydrogen-bond acceptors (Lipinski definition) is 4. The molecule has 5 rings (SSSR count). The lowest BCUT2D eigenvalue weighted by Gasteiger charge is -2.29. The fourth-order valence-corrected chi connectivity index (χ4v) is 4.79. The molecule has 0 aliphatic carbocycles. The van der Waals surface area contributed by atoms with E-state index in [1.807, 2.05) is 45.9 Å². The Morgan fingerprint density at radius 2 is 2.04 bits per heavy atom. The van der Waals surface area contributed by atoms with Crippen molar-refractivity contribution >= 4 is 33.0 Å². The minimum atomic E-state index is -0.227. The van der Waals surface area contributed by atoms with Crippen LogP contribution in [0.25, 0.3) is 15.7 Å². The van der Waals surface area contributed by atoms with Crippen LogP contribution in [-0.4, -0.2) is 31.5 Å². The average Bonchev–Trinajstić information content (AvgIpc) is 3.26. The number of rotatable bonds is 2. The molecule has 1 aromatic carbocycles. The molecule has 0 bridgehead atoms. The van der Waals surface area contributed by atoms with Crippen molar-refractivity contribution in [2.24, 2.45) is 0 Å². The molecule has 6 nitrogen and oxygen atoms in total. The van der Waals surface area contributed by atoms with Crippen molar-refractivity contribution in [1.82, 2.24) is 19.1 Å². The molecule has 136 valence electrons. The van der Waals surface area contributed by atoms with E-state index in [0.717, 1.165) is 16.6 Å². The molecule has 4 heterocycles. The molecular formula is C20H18N4O2S. The molecule has 0 radical (unpaired) electrons. The largest absolute Gasteiger partial charge is 0.336 e. The summed E-state index contributed by atoms with van der Waals surface area (Å²) in [6, 6.07) is 12.1. The SMILES string of the molecule is Cc1nn(CC(=O)N2CCc3ccccc3C2)c(=O)c2cc3ccsc3n12. The third kappa shape index (κ3) is 2.57. The molecule has 1 aliphatic rings. The summed E-state index contributed by atoms with van der Waals surface area (Å²) in [5, 5.41) is 7.43. The lowest BCUT2D eigenvalue weighted by atomic mass is 10.00. The van der Waals surface area contributed by atoms with E-state index in [4.69, 9.17) is 0 Å². The first-order valence-electron chi connectivity index (χ1n) is 8.93. The van der Waals surface area contributed by atoms with E-state index >= 15 is 0 Å². The number of carbonyl (C=O) groups excluding carboxylic acids is 1. The van der Waals surface area contributed by atoms with Crippen LogP contribution in [0.2, 0.25) is 0 Å². The van der Waals surface area contributed by atoms with E-state index < -0.39 is 0 Å². The zero-order valence-electron chi connectivity index (χ0n) is 14.9.